The van der Waals surface area contributed by atoms with Crippen molar-refractivity contribution in [2.75, 3.05) is 6.54 Å². The Hall–Kier alpha value is -1.12. The van der Waals surface area contributed by atoms with Gasteiger partial charge < -0.3 is 5.11 Å². The largest absolute Gasteiger partial charge is 0.480 e. The van der Waals surface area contributed by atoms with Gasteiger partial charge in [0, 0.05) is 18.5 Å². The molecule has 0 spiro atoms. The second-order valence-corrected chi connectivity index (χ2v) is 2.18. The quantitative estimate of drug-likeness (QED) is 0.469. The SMILES string of the molecule is O=C=C1CN[C@H](C(=O)O)C1. The minimum Gasteiger partial charge on any atom is -0.480 e. The highest BCUT2D eigenvalue weighted by atomic mass is 16.4. The van der Waals surface area contributed by atoms with Gasteiger partial charge in [0.1, 0.15) is 12.0 Å². The van der Waals surface area contributed by atoms with Gasteiger partial charge in [0.25, 0.3) is 0 Å². The van der Waals surface area contributed by atoms with Crippen LogP contribution in [0, 0.1) is 0 Å². The molecule has 0 bridgehead atoms. The van der Waals surface area contributed by atoms with Crippen LogP contribution in [-0.4, -0.2) is 29.6 Å². The number of rotatable bonds is 1. The lowest BCUT2D eigenvalue weighted by Gasteiger charge is -1.98. The molecule has 0 radical (unpaired) electrons. The van der Waals surface area contributed by atoms with E-state index in [0.717, 1.165) is 0 Å². The normalized spacial score (nSPS) is 24.4. The summed E-state index contributed by atoms with van der Waals surface area (Å²) in [6, 6.07) is -0.587. The molecule has 2 N–H and O–H groups in total. The fourth-order valence-corrected chi connectivity index (χ4v) is 0.890. The topological polar surface area (TPSA) is 66.4 Å². The molecule has 1 fully saturated rings. The molecule has 54 valence electrons. The van der Waals surface area contributed by atoms with Crippen LogP contribution in [0.25, 0.3) is 0 Å². The Bertz CT molecular complexity index is 205. The molecule has 1 aliphatic rings. The third-order valence-electron chi connectivity index (χ3n) is 1.45. The Morgan fingerprint density at radius 1 is 1.80 bits per heavy atom. The van der Waals surface area contributed by atoms with Crippen LogP contribution < -0.4 is 5.32 Å². The molecule has 4 heteroatoms. The maximum absolute atomic E-state index is 10.3. The summed E-state index contributed by atoms with van der Waals surface area (Å²) in [5.74, 6) is 0.778. The number of carboxylic acids is 1. The van der Waals surface area contributed by atoms with Crippen molar-refractivity contribution >= 4 is 11.9 Å². The molecule has 0 aromatic heterocycles. The molecule has 1 rings (SSSR count). The molecule has 1 heterocycles. The van der Waals surface area contributed by atoms with Gasteiger partial charge in [0.15, 0.2) is 0 Å². The number of aliphatic carboxylic acids is 1. The Labute approximate surface area is 57.5 Å². The van der Waals surface area contributed by atoms with E-state index in [9.17, 15) is 9.59 Å². The fraction of sp³-hybridized carbons (Fsp3) is 0.500. The van der Waals surface area contributed by atoms with Crippen molar-refractivity contribution in [3.63, 3.8) is 0 Å². The second kappa shape index (κ2) is 2.64. The first-order valence-corrected chi connectivity index (χ1v) is 2.93. The standard InChI is InChI=1S/C6H7NO3/c8-3-4-1-5(6(9)10)7-2-4/h5,7H,1-2H2,(H,9,10)/t5-/m0/s1. The van der Waals surface area contributed by atoms with Crippen molar-refractivity contribution in [1.82, 2.24) is 5.32 Å². The van der Waals surface area contributed by atoms with Crippen LogP contribution in [0.1, 0.15) is 6.42 Å². The molecule has 1 atom stereocenters. The minimum atomic E-state index is -0.912. The van der Waals surface area contributed by atoms with Gasteiger partial charge in [-0.25, -0.2) is 4.79 Å². The summed E-state index contributed by atoms with van der Waals surface area (Å²) in [7, 11) is 0. The van der Waals surface area contributed by atoms with E-state index >= 15 is 0 Å². The number of carboxylic acid groups (broad SMARTS) is 1. The lowest BCUT2D eigenvalue weighted by atomic mass is 10.2. The molecule has 1 saturated heterocycles. The average Bonchev–Trinajstić information content (AvgIpc) is 2.34. The number of nitrogens with one attached hydrogen (secondary N) is 1. The molecule has 0 aromatic rings. The highest BCUT2D eigenvalue weighted by molar-refractivity contribution is 5.76. The van der Waals surface area contributed by atoms with Gasteiger partial charge in [-0.1, -0.05) is 0 Å². The molecule has 4 nitrogen and oxygen atoms in total. The molecule has 0 aliphatic carbocycles. The zero-order valence-corrected chi connectivity index (χ0v) is 5.26. The molecule has 1 aliphatic heterocycles. The van der Waals surface area contributed by atoms with Crippen LogP contribution in [0.5, 0.6) is 0 Å². The molecule has 0 unspecified atom stereocenters. The molecule has 0 saturated carbocycles. The number of carbonyl (C=O) groups excluding carboxylic acids is 1. The van der Waals surface area contributed by atoms with E-state index in [-0.39, 0.29) is 0 Å². The molecular weight excluding hydrogens is 134 g/mol. The van der Waals surface area contributed by atoms with Crippen molar-refractivity contribution in [2.45, 2.75) is 12.5 Å². The van der Waals surface area contributed by atoms with Crippen molar-refractivity contribution in [3.05, 3.63) is 5.57 Å². The highest BCUT2D eigenvalue weighted by Crippen LogP contribution is 2.08. The summed E-state index contributed by atoms with van der Waals surface area (Å²) in [6.45, 7) is 0.362. The Kier molecular flexibility index (Phi) is 1.85. The van der Waals surface area contributed by atoms with Crippen molar-refractivity contribution in [2.24, 2.45) is 0 Å². The van der Waals surface area contributed by atoms with Crippen LogP contribution in [0.2, 0.25) is 0 Å². The average molecular weight is 141 g/mol. The van der Waals surface area contributed by atoms with Crippen molar-refractivity contribution in [1.29, 1.82) is 0 Å². The third kappa shape index (κ3) is 1.23. The molecule has 10 heavy (non-hydrogen) atoms. The predicted octanol–water partition coefficient (Wildman–Crippen LogP) is -0.809. The van der Waals surface area contributed by atoms with E-state index in [2.05, 4.69) is 5.32 Å². The van der Waals surface area contributed by atoms with Crippen LogP contribution in [0.3, 0.4) is 0 Å². The Morgan fingerprint density at radius 3 is 2.80 bits per heavy atom. The maximum Gasteiger partial charge on any atom is 0.321 e. The van der Waals surface area contributed by atoms with Gasteiger partial charge in [-0.15, -0.1) is 0 Å². The monoisotopic (exact) mass is 141 g/mol. The maximum atomic E-state index is 10.3. The van der Waals surface area contributed by atoms with Crippen LogP contribution >= 0.6 is 0 Å². The summed E-state index contributed by atoms with van der Waals surface area (Å²) >= 11 is 0. The third-order valence-corrected chi connectivity index (χ3v) is 1.45. The molecule has 0 aromatic carbocycles. The van der Waals surface area contributed by atoms with Gasteiger partial charge in [0.05, 0.1) is 0 Å². The van der Waals surface area contributed by atoms with Gasteiger partial charge >= 0.3 is 5.97 Å². The summed E-state index contributed by atoms with van der Waals surface area (Å²) in [5.41, 5.74) is 0.507. The van der Waals surface area contributed by atoms with Crippen LogP contribution in [0.15, 0.2) is 5.57 Å². The zero-order valence-electron chi connectivity index (χ0n) is 5.26. The first-order valence-electron chi connectivity index (χ1n) is 2.93. The van der Waals surface area contributed by atoms with E-state index in [0.29, 0.717) is 18.5 Å². The van der Waals surface area contributed by atoms with Gasteiger partial charge in [0.2, 0.25) is 0 Å². The smallest absolute Gasteiger partial charge is 0.321 e. The van der Waals surface area contributed by atoms with E-state index in [1.54, 1.807) is 5.94 Å². The molecule has 0 amide bonds. The number of hydrogen-bond acceptors (Lipinski definition) is 3. The Balaban J connectivity index is 2.59. The van der Waals surface area contributed by atoms with Gasteiger partial charge in [-0.05, 0) is 0 Å². The number of hydrogen-bond donors (Lipinski definition) is 2. The van der Waals surface area contributed by atoms with E-state index in [4.69, 9.17) is 5.11 Å². The lowest BCUT2D eigenvalue weighted by molar-refractivity contribution is -0.138. The van der Waals surface area contributed by atoms with E-state index < -0.39 is 12.0 Å². The first-order chi connectivity index (χ1) is 4.74. The fourth-order valence-electron chi connectivity index (χ4n) is 0.890. The summed E-state index contributed by atoms with van der Waals surface area (Å²) in [5, 5.41) is 11.1. The van der Waals surface area contributed by atoms with Gasteiger partial charge in [-0.2, -0.15) is 0 Å². The summed E-state index contributed by atoms with van der Waals surface area (Å²) in [6.07, 6.45) is 0.291. The summed E-state index contributed by atoms with van der Waals surface area (Å²) in [4.78, 5) is 20.2. The van der Waals surface area contributed by atoms with Crippen molar-refractivity contribution < 1.29 is 14.7 Å². The van der Waals surface area contributed by atoms with Crippen LogP contribution in [-0.2, 0) is 9.59 Å². The summed E-state index contributed by atoms with van der Waals surface area (Å²) < 4.78 is 0. The van der Waals surface area contributed by atoms with Crippen molar-refractivity contribution in [3.8, 4) is 0 Å². The van der Waals surface area contributed by atoms with Crippen LogP contribution in [0.4, 0.5) is 0 Å². The highest BCUT2D eigenvalue weighted by Gasteiger charge is 2.24. The van der Waals surface area contributed by atoms with Gasteiger partial charge in [-0.3, -0.25) is 10.1 Å². The second-order valence-electron chi connectivity index (χ2n) is 2.18. The zero-order chi connectivity index (χ0) is 7.56. The Morgan fingerprint density at radius 2 is 2.50 bits per heavy atom. The minimum absolute atomic E-state index is 0.291. The molecular formula is C6H7NO3. The first kappa shape index (κ1) is 6.99. The lowest BCUT2D eigenvalue weighted by Crippen LogP contribution is -2.29. The number of carbonyl (C=O) groups is 1. The van der Waals surface area contributed by atoms with E-state index in [1.165, 1.54) is 0 Å². The predicted molar refractivity (Wildman–Crippen MR) is 33.2 cm³/mol. The van der Waals surface area contributed by atoms with E-state index in [1.807, 2.05) is 0 Å².